The van der Waals surface area contributed by atoms with E-state index in [0.717, 1.165) is 5.56 Å². The Morgan fingerprint density at radius 3 is 2.26 bits per heavy atom. The van der Waals surface area contributed by atoms with E-state index in [-0.39, 0.29) is 18.7 Å². The number of para-hydroxylation sites is 1. The van der Waals surface area contributed by atoms with Crippen LogP contribution in [0.25, 0.3) is 0 Å². The van der Waals surface area contributed by atoms with E-state index < -0.39 is 35.6 Å². The molecule has 0 radical (unpaired) electrons. The van der Waals surface area contributed by atoms with Crippen LogP contribution < -0.4 is 10.6 Å². The van der Waals surface area contributed by atoms with E-state index in [1.807, 2.05) is 19.9 Å². The first-order valence-corrected chi connectivity index (χ1v) is 14.4. The van der Waals surface area contributed by atoms with Crippen molar-refractivity contribution in [1.29, 1.82) is 0 Å². The van der Waals surface area contributed by atoms with Gasteiger partial charge in [0.2, 0.25) is 5.91 Å². The Morgan fingerprint density at radius 1 is 1.05 bits per heavy atom. The van der Waals surface area contributed by atoms with Crippen LogP contribution in [-0.4, -0.2) is 46.1 Å². The molecule has 2 atom stereocenters. The molecule has 3 rings (SSSR count). The first kappa shape index (κ1) is 33.0. The molecule has 0 fully saturated rings. The molecule has 0 saturated heterocycles. The normalized spacial score (nSPS) is 12.4. The smallest absolute Gasteiger partial charge is 0.408 e. The molecule has 8 nitrogen and oxygen atoms in total. The van der Waals surface area contributed by atoms with Gasteiger partial charge < -0.3 is 25.4 Å². The third-order valence-electron chi connectivity index (χ3n) is 6.54. The predicted octanol–water partition coefficient (Wildman–Crippen LogP) is 6.39. The average Bonchev–Trinajstić information content (AvgIpc) is 2.94. The molecule has 0 spiro atoms. The minimum absolute atomic E-state index is 0.0707. The number of phenols is 1. The zero-order chi connectivity index (χ0) is 31.7. The lowest BCUT2D eigenvalue weighted by Gasteiger charge is -2.34. The van der Waals surface area contributed by atoms with Crippen LogP contribution in [0.15, 0.2) is 66.7 Å². The van der Waals surface area contributed by atoms with Gasteiger partial charge in [-0.15, -0.1) is 6.42 Å². The fourth-order valence-corrected chi connectivity index (χ4v) is 4.81. The second-order valence-corrected chi connectivity index (χ2v) is 11.6. The van der Waals surface area contributed by atoms with Gasteiger partial charge in [-0.25, -0.2) is 4.79 Å². The average molecular weight is 604 g/mol. The summed E-state index contributed by atoms with van der Waals surface area (Å²) in [5.41, 5.74) is 2.24. The zero-order valence-electron chi connectivity index (χ0n) is 25.1. The predicted molar refractivity (Wildman–Crippen MR) is 169 cm³/mol. The number of aromatic hydroxyl groups is 1. The highest BCUT2D eigenvalue weighted by atomic mass is 35.5. The van der Waals surface area contributed by atoms with E-state index in [1.54, 1.807) is 69.3 Å². The van der Waals surface area contributed by atoms with Gasteiger partial charge in [-0.3, -0.25) is 9.59 Å². The number of ether oxygens (including phenoxy) is 1. The summed E-state index contributed by atoms with van der Waals surface area (Å²) >= 11 is 6.43. The Morgan fingerprint density at radius 2 is 1.70 bits per heavy atom. The quantitative estimate of drug-likeness (QED) is 0.233. The highest BCUT2D eigenvalue weighted by molar-refractivity contribution is 6.34. The van der Waals surface area contributed by atoms with Crippen molar-refractivity contribution in [2.75, 3.05) is 11.9 Å². The summed E-state index contributed by atoms with van der Waals surface area (Å²) in [6.45, 7) is 9.10. The topological polar surface area (TPSA) is 108 Å². The molecule has 3 amide bonds. The van der Waals surface area contributed by atoms with E-state index in [9.17, 15) is 19.5 Å². The van der Waals surface area contributed by atoms with Crippen LogP contribution in [0.1, 0.15) is 62.4 Å². The molecule has 0 aliphatic heterocycles. The van der Waals surface area contributed by atoms with Gasteiger partial charge in [0, 0.05) is 18.5 Å². The van der Waals surface area contributed by atoms with Gasteiger partial charge in [-0.2, -0.15) is 0 Å². The third-order valence-corrected chi connectivity index (χ3v) is 6.85. The number of halogens is 1. The molecule has 3 aromatic carbocycles. The largest absolute Gasteiger partial charge is 0.508 e. The Bertz CT molecular complexity index is 1450. The Balaban J connectivity index is 2.08. The summed E-state index contributed by atoms with van der Waals surface area (Å²) in [5, 5.41) is 15.8. The second kappa shape index (κ2) is 14.6. The number of amides is 3. The summed E-state index contributed by atoms with van der Waals surface area (Å²) in [7, 11) is 0. The van der Waals surface area contributed by atoms with Crippen LogP contribution in [0.3, 0.4) is 0 Å². The summed E-state index contributed by atoms with van der Waals surface area (Å²) < 4.78 is 5.46. The molecule has 43 heavy (non-hydrogen) atoms. The molecular formula is C34H38ClN3O5. The number of alkyl carbamates (subject to hydrolysis) is 1. The van der Waals surface area contributed by atoms with E-state index in [4.69, 9.17) is 22.8 Å². The van der Waals surface area contributed by atoms with Crippen molar-refractivity contribution in [2.24, 2.45) is 0 Å². The standard InChI is InChI=1S/C34H38ClN3O5/c1-7-20-38(32(41)28(36-33(42)43-34(4,5)6)21-24-14-18-26(39)19-15-24)30(25-16-12-23(8-2)13-17-25)31(40)37-29-22(3)10-9-11-27(29)35/h2,9-19,28,30,39H,7,20-21H2,1,3-6H3,(H,36,42)(H,37,40). The van der Waals surface area contributed by atoms with E-state index in [0.29, 0.717) is 33.8 Å². The van der Waals surface area contributed by atoms with Crippen LogP contribution in [0.4, 0.5) is 10.5 Å². The number of hydrogen-bond donors (Lipinski definition) is 3. The molecule has 3 N–H and O–H groups in total. The Labute approximate surface area is 258 Å². The van der Waals surface area contributed by atoms with Gasteiger partial charge in [0.25, 0.3) is 5.91 Å². The Kier molecular flexibility index (Phi) is 11.2. The first-order chi connectivity index (χ1) is 20.3. The molecule has 9 heteroatoms. The first-order valence-electron chi connectivity index (χ1n) is 14.0. The highest BCUT2D eigenvalue weighted by Crippen LogP contribution is 2.30. The number of benzene rings is 3. The number of carbonyl (C=O) groups is 3. The van der Waals surface area contributed by atoms with Gasteiger partial charge in [0.05, 0.1) is 10.7 Å². The maximum Gasteiger partial charge on any atom is 0.408 e. The van der Waals surface area contributed by atoms with E-state index >= 15 is 0 Å². The number of phenolic OH excluding ortho intramolecular Hbond substituents is 1. The fourth-order valence-electron chi connectivity index (χ4n) is 4.54. The molecule has 0 bridgehead atoms. The van der Waals surface area contributed by atoms with Crippen molar-refractivity contribution in [3.63, 3.8) is 0 Å². The van der Waals surface area contributed by atoms with Crippen LogP contribution >= 0.6 is 11.6 Å². The fraction of sp³-hybridized carbons (Fsp3) is 0.324. The lowest BCUT2D eigenvalue weighted by Crippen LogP contribution is -2.53. The van der Waals surface area contributed by atoms with Crippen molar-refractivity contribution in [2.45, 2.75) is 65.1 Å². The van der Waals surface area contributed by atoms with Crippen molar-refractivity contribution in [3.8, 4) is 18.1 Å². The number of anilines is 1. The molecule has 226 valence electrons. The lowest BCUT2D eigenvalue weighted by molar-refractivity contribution is -0.140. The molecule has 0 saturated carbocycles. The van der Waals surface area contributed by atoms with Gasteiger partial charge in [-0.05, 0) is 81.1 Å². The van der Waals surface area contributed by atoms with Crippen LogP contribution in [0, 0.1) is 19.3 Å². The Hall–Kier alpha value is -4.48. The maximum atomic E-state index is 14.4. The molecule has 0 heterocycles. The number of aryl methyl sites for hydroxylation is 1. The molecule has 0 aliphatic rings. The van der Waals surface area contributed by atoms with Gasteiger partial charge >= 0.3 is 6.09 Å². The molecule has 3 aromatic rings. The lowest BCUT2D eigenvalue weighted by atomic mass is 9.99. The molecular weight excluding hydrogens is 566 g/mol. The summed E-state index contributed by atoms with van der Waals surface area (Å²) in [4.78, 5) is 42.8. The van der Waals surface area contributed by atoms with Crippen molar-refractivity contribution in [3.05, 3.63) is 94.0 Å². The number of rotatable bonds is 10. The van der Waals surface area contributed by atoms with Crippen LogP contribution in [0.2, 0.25) is 5.02 Å². The van der Waals surface area contributed by atoms with Gasteiger partial charge in [0.15, 0.2) is 0 Å². The SMILES string of the molecule is C#Cc1ccc(C(C(=O)Nc2c(C)cccc2Cl)N(CCC)C(=O)C(Cc2ccc(O)cc2)NC(=O)OC(C)(C)C)cc1. The number of terminal acetylenes is 1. The minimum Gasteiger partial charge on any atom is -0.508 e. The van der Waals surface area contributed by atoms with Crippen molar-refractivity contribution in [1.82, 2.24) is 10.2 Å². The van der Waals surface area contributed by atoms with E-state index in [2.05, 4.69) is 16.6 Å². The highest BCUT2D eigenvalue weighted by Gasteiger charge is 2.36. The maximum absolute atomic E-state index is 14.4. The zero-order valence-corrected chi connectivity index (χ0v) is 25.9. The summed E-state index contributed by atoms with van der Waals surface area (Å²) in [5.74, 6) is 1.67. The number of carbonyl (C=O) groups excluding carboxylic acids is 3. The summed E-state index contributed by atoms with van der Waals surface area (Å²) in [6, 6.07) is 16.3. The van der Waals surface area contributed by atoms with Gasteiger partial charge in [0.1, 0.15) is 23.4 Å². The number of nitrogens with one attached hydrogen (secondary N) is 2. The van der Waals surface area contributed by atoms with Crippen LogP contribution in [0.5, 0.6) is 5.75 Å². The number of hydrogen-bond acceptors (Lipinski definition) is 5. The second-order valence-electron chi connectivity index (χ2n) is 11.2. The van der Waals surface area contributed by atoms with Crippen LogP contribution in [-0.2, 0) is 20.7 Å². The number of nitrogens with zero attached hydrogens (tertiary/aromatic N) is 1. The van der Waals surface area contributed by atoms with E-state index in [1.165, 1.54) is 17.0 Å². The molecule has 2 unspecified atom stereocenters. The monoisotopic (exact) mass is 603 g/mol. The summed E-state index contributed by atoms with van der Waals surface area (Å²) in [6.07, 6.45) is 5.41. The molecule has 0 aliphatic carbocycles. The van der Waals surface area contributed by atoms with Crippen molar-refractivity contribution < 1.29 is 24.2 Å². The van der Waals surface area contributed by atoms with Crippen molar-refractivity contribution >= 4 is 35.2 Å². The third kappa shape index (κ3) is 9.25. The molecule has 0 aromatic heterocycles. The van der Waals surface area contributed by atoms with Gasteiger partial charge in [-0.1, -0.05) is 60.8 Å². The minimum atomic E-state index is -1.09.